The quantitative estimate of drug-likeness (QED) is 0.440. The van der Waals surface area contributed by atoms with Gasteiger partial charge in [0.25, 0.3) is 0 Å². The second kappa shape index (κ2) is 5.87. The van der Waals surface area contributed by atoms with Gasteiger partial charge in [-0.1, -0.05) is 0 Å². The average molecular weight is 361 g/mol. The predicted octanol–water partition coefficient (Wildman–Crippen LogP) is 7.67. The van der Waals surface area contributed by atoms with Crippen LogP contribution in [0.3, 0.4) is 0 Å². The van der Waals surface area contributed by atoms with E-state index in [4.69, 9.17) is 0 Å². The van der Waals surface area contributed by atoms with E-state index in [1.165, 1.54) is 62.6 Å². The first-order chi connectivity index (χ1) is 10.7. The van der Waals surface area contributed by atoms with E-state index in [2.05, 4.69) is 55.4 Å². The highest BCUT2D eigenvalue weighted by Gasteiger charge is 2.21. The minimum Gasteiger partial charge on any atom is -0.139 e. The molecule has 0 radical (unpaired) electrons. The summed E-state index contributed by atoms with van der Waals surface area (Å²) in [5, 5.41) is 0. The van der Waals surface area contributed by atoms with Crippen LogP contribution in [-0.4, -0.2) is 0 Å². The van der Waals surface area contributed by atoms with Crippen molar-refractivity contribution in [2.75, 3.05) is 0 Å². The van der Waals surface area contributed by atoms with Crippen LogP contribution < -0.4 is 0 Å². The van der Waals surface area contributed by atoms with E-state index in [1.54, 1.807) is 0 Å². The molecule has 3 aromatic rings. The van der Waals surface area contributed by atoms with Crippen LogP contribution in [0.1, 0.15) is 43.1 Å². The van der Waals surface area contributed by atoms with E-state index >= 15 is 0 Å². The lowest BCUT2D eigenvalue weighted by molar-refractivity contribution is 1.34. The Morgan fingerprint density at radius 3 is 0.870 bits per heavy atom. The standard InChI is InChI=1S/C20H24S3/c1-9-11(3)17(21-15(9)7)19-13(5)14(6)20(23-19)18-12(4)10(2)16(8)22-18/h1-8H3. The van der Waals surface area contributed by atoms with Gasteiger partial charge in [0.2, 0.25) is 0 Å². The molecule has 0 fully saturated rings. The summed E-state index contributed by atoms with van der Waals surface area (Å²) in [4.78, 5) is 8.78. The van der Waals surface area contributed by atoms with Gasteiger partial charge in [-0.05, 0) is 88.8 Å². The van der Waals surface area contributed by atoms with E-state index in [9.17, 15) is 0 Å². The third-order valence-corrected chi connectivity index (χ3v) is 9.57. The number of hydrogen-bond acceptors (Lipinski definition) is 3. The number of hydrogen-bond donors (Lipinski definition) is 0. The van der Waals surface area contributed by atoms with Crippen LogP contribution in [-0.2, 0) is 0 Å². The zero-order chi connectivity index (χ0) is 17.0. The molecule has 23 heavy (non-hydrogen) atoms. The molecular formula is C20H24S3. The minimum atomic E-state index is 1.45. The van der Waals surface area contributed by atoms with Crippen LogP contribution in [0.4, 0.5) is 0 Å². The van der Waals surface area contributed by atoms with Gasteiger partial charge in [-0.3, -0.25) is 0 Å². The van der Waals surface area contributed by atoms with Crippen LogP contribution in [0.25, 0.3) is 19.5 Å². The summed E-state index contributed by atoms with van der Waals surface area (Å²) in [6.07, 6.45) is 0. The van der Waals surface area contributed by atoms with Crippen molar-refractivity contribution in [3.05, 3.63) is 43.1 Å². The van der Waals surface area contributed by atoms with Gasteiger partial charge < -0.3 is 0 Å². The second-order valence-corrected chi connectivity index (χ2v) is 9.96. The first-order valence-corrected chi connectivity index (χ1v) is 10.4. The summed E-state index contributed by atoms with van der Waals surface area (Å²) in [5.41, 5.74) is 8.74. The van der Waals surface area contributed by atoms with E-state index in [0.29, 0.717) is 0 Å². The minimum absolute atomic E-state index is 1.45. The topological polar surface area (TPSA) is 0 Å². The van der Waals surface area contributed by atoms with Crippen molar-refractivity contribution in [2.45, 2.75) is 55.4 Å². The Morgan fingerprint density at radius 1 is 0.348 bits per heavy atom. The molecule has 0 aromatic carbocycles. The molecule has 0 spiro atoms. The van der Waals surface area contributed by atoms with Crippen molar-refractivity contribution in [3.63, 3.8) is 0 Å². The summed E-state index contributed by atoms with van der Waals surface area (Å²) in [5.74, 6) is 0. The summed E-state index contributed by atoms with van der Waals surface area (Å²) >= 11 is 5.89. The molecule has 0 saturated carbocycles. The molecule has 0 saturated heterocycles. The van der Waals surface area contributed by atoms with Gasteiger partial charge in [0.05, 0.1) is 0 Å². The normalized spacial score (nSPS) is 11.5. The van der Waals surface area contributed by atoms with Gasteiger partial charge in [-0.25, -0.2) is 0 Å². The van der Waals surface area contributed by atoms with Gasteiger partial charge >= 0.3 is 0 Å². The average Bonchev–Trinajstić information content (AvgIpc) is 3.04. The molecule has 0 nitrogen and oxygen atoms in total. The Morgan fingerprint density at radius 2 is 0.609 bits per heavy atom. The van der Waals surface area contributed by atoms with Gasteiger partial charge in [0.15, 0.2) is 0 Å². The Balaban J connectivity index is 2.23. The SMILES string of the molecule is Cc1sc(-c2sc(-c3sc(C)c(C)c3C)c(C)c2C)c(C)c1C. The van der Waals surface area contributed by atoms with Crippen molar-refractivity contribution in [2.24, 2.45) is 0 Å². The molecule has 3 rings (SSSR count). The van der Waals surface area contributed by atoms with Gasteiger partial charge in [-0.2, -0.15) is 0 Å². The van der Waals surface area contributed by atoms with Crippen LogP contribution in [0.5, 0.6) is 0 Å². The smallest absolute Gasteiger partial charge is 0.0484 e. The fourth-order valence-corrected chi connectivity index (χ4v) is 7.08. The van der Waals surface area contributed by atoms with E-state index in [1.807, 2.05) is 34.0 Å². The Hall–Kier alpha value is -0.900. The number of aryl methyl sites for hydroxylation is 2. The first kappa shape index (κ1) is 16.9. The van der Waals surface area contributed by atoms with Crippen LogP contribution >= 0.6 is 34.0 Å². The van der Waals surface area contributed by atoms with E-state index < -0.39 is 0 Å². The van der Waals surface area contributed by atoms with Crippen molar-refractivity contribution in [3.8, 4) is 19.5 Å². The lowest BCUT2D eigenvalue weighted by Gasteiger charge is -1.99. The zero-order valence-corrected chi connectivity index (χ0v) is 17.7. The summed E-state index contributed by atoms with van der Waals surface area (Å²) in [7, 11) is 0. The fraction of sp³-hybridized carbons (Fsp3) is 0.400. The lowest BCUT2D eigenvalue weighted by Crippen LogP contribution is -1.80. The fourth-order valence-electron chi connectivity index (χ4n) is 2.94. The third-order valence-electron chi connectivity index (χ3n) is 5.23. The maximum atomic E-state index is 2.29. The molecule has 0 aliphatic carbocycles. The van der Waals surface area contributed by atoms with Gasteiger partial charge in [0, 0.05) is 29.3 Å². The molecule has 3 heteroatoms. The molecule has 0 amide bonds. The van der Waals surface area contributed by atoms with Crippen molar-refractivity contribution < 1.29 is 0 Å². The monoisotopic (exact) mass is 360 g/mol. The highest BCUT2D eigenvalue weighted by atomic mass is 32.1. The van der Waals surface area contributed by atoms with Crippen LogP contribution in [0.2, 0.25) is 0 Å². The summed E-state index contributed by atoms with van der Waals surface area (Å²) < 4.78 is 0. The summed E-state index contributed by atoms with van der Waals surface area (Å²) in [6.45, 7) is 18.1. The molecule has 122 valence electrons. The molecule has 3 aromatic heterocycles. The van der Waals surface area contributed by atoms with Gasteiger partial charge in [-0.15, -0.1) is 34.0 Å². The number of rotatable bonds is 2. The van der Waals surface area contributed by atoms with Crippen molar-refractivity contribution >= 4 is 34.0 Å². The predicted molar refractivity (Wildman–Crippen MR) is 109 cm³/mol. The summed E-state index contributed by atoms with van der Waals surface area (Å²) in [6, 6.07) is 0. The lowest BCUT2D eigenvalue weighted by atomic mass is 10.1. The van der Waals surface area contributed by atoms with Crippen LogP contribution in [0.15, 0.2) is 0 Å². The molecule has 0 bridgehead atoms. The van der Waals surface area contributed by atoms with Crippen molar-refractivity contribution in [1.29, 1.82) is 0 Å². The highest BCUT2D eigenvalue weighted by Crippen LogP contribution is 2.48. The van der Waals surface area contributed by atoms with Gasteiger partial charge in [0.1, 0.15) is 0 Å². The maximum Gasteiger partial charge on any atom is 0.0484 e. The van der Waals surface area contributed by atoms with E-state index in [0.717, 1.165) is 0 Å². The maximum absolute atomic E-state index is 2.29. The first-order valence-electron chi connectivity index (χ1n) is 7.97. The molecule has 3 heterocycles. The largest absolute Gasteiger partial charge is 0.139 e. The molecule has 0 aliphatic heterocycles. The second-order valence-electron chi connectivity index (χ2n) is 6.49. The van der Waals surface area contributed by atoms with Crippen molar-refractivity contribution in [1.82, 2.24) is 0 Å². The Kier molecular flexibility index (Phi) is 4.33. The molecule has 0 aliphatic rings. The highest BCUT2D eigenvalue weighted by molar-refractivity contribution is 7.27. The Labute approximate surface area is 151 Å². The molecule has 0 N–H and O–H groups in total. The van der Waals surface area contributed by atoms with E-state index in [-0.39, 0.29) is 0 Å². The molecule has 0 atom stereocenters. The Bertz CT molecular complexity index is 828. The van der Waals surface area contributed by atoms with Crippen LogP contribution in [0, 0.1) is 55.4 Å². The zero-order valence-electron chi connectivity index (χ0n) is 15.2. The molecular weight excluding hydrogens is 336 g/mol. The third kappa shape index (κ3) is 2.54. The molecule has 0 unspecified atom stereocenters. The number of thiophene rings is 3.